The summed E-state index contributed by atoms with van der Waals surface area (Å²) in [5.74, 6) is -0.761. The fourth-order valence-electron chi connectivity index (χ4n) is 2.81. The molecule has 0 unspecified atom stereocenters. The summed E-state index contributed by atoms with van der Waals surface area (Å²) in [4.78, 5) is 26.1. The van der Waals surface area contributed by atoms with Crippen LogP contribution in [-0.4, -0.2) is 35.3 Å². The van der Waals surface area contributed by atoms with Crippen LogP contribution >= 0.6 is 24.0 Å². The maximum absolute atomic E-state index is 13.0. The third-order valence-electron chi connectivity index (χ3n) is 4.15. The number of rotatable bonds is 6. The predicted molar refractivity (Wildman–Crippen MR) is 109 cm³/mol. The number of carboxylic acids is 1. The lowest BCUT2D eigenvalue weighted by molar-refractivity contribution is -0.310. The van der Waals surface area contributed by atoms with Gasteiger partial charge in [0.25, 0.3) is 5.91 Å². The number of hydrogen-bond acceptors (Lipinski definition) is 7. The highest BCUT2D eigenvalue weighted by Crippen LogP contribution is 2.39. The zero-order chi connectivity index (χ0) is 20.3. The Bertz CT molecular complexity index is 958. The molecule has 0 N–H and O–H groups in total. The second-order valence-electron chi connectivity index (χ2n) is 5.79. The summed E-state index contributed by atoms with van der Waals surface area (Å²) in [5, 5.41) is 11.8. The van der Waals surface area contributed by atoms with Gasteiger partial charge in [-0.15, -0.1) is 0 Å². The number of thiocarbonyl (C=S) groups is 1. The van der Waals surface area contributed by atoms with Gasteiger partial charge in [0.15, 0.2) is 0 Å². The van der Waals surface area contributed by atoms with E-state index in [0.717, 1.165) is 16.7 Å². The summed E-state index contributed by atoms with van der Waals surface area (Å²) in [6, 6.07) is 12.3. The molecule has 1 aliphatic rings. The SMILES string of the molecule is COc1ccc(/C=C2\SC(=S)N([C@H](C(=O)[O-])c3ccccc3)C2=O)c(OC)c1. The first-order valence-corrected chi connectivity index (χ1v) is 9.43. The maximum atomic E-state index is 13.0. The number of ether oxygens (including phenoxy) is 2. The summed E-state index contributed by atoms with van der Waals surface area (Å²) in [7, 11) is 3.06. The number of aliphatic carboxylic acids is 1. The average molecular weight is 414 g/mol. The number of carbonyl (C=O) groups is 2. The third kappa shape index (κ3) is 3.88. The molecule has 0 spiro atoms. The molecule has 6 nitrogen and oxygen atoms in total. The van der Waals surface area contributed by atoms with Crippen molar-refractivity contribution in [2.24, 2.45) is 0 Å². The minimum absolute atomic E-state index is 0.154. The largest absolute Gasteiger partial charge is 0.547 e. The van der Waals surface area contributed by atoms with E-state index in [1.165, 1.54) is 7.11 Å². The molecule has 1 amide bonds. The molecule has 1 saturated heterocycles. The molecule has 2 aromatic carbocycles. The van der Waals surface area contributed by atoms with Gasteiger partial charge in [0, 0.05) is 11.6 Å². The fourth-order valence-corrected chi connectivity index (χ4v) is 4.11. The van der Waals surface area contributed by atoms with E-state index in [1.54, 1.807) is 61.7 Å². The van der Waals surface area contributed by atoms with Gasteiger partial charge < -0.3 is 19.4 Å². The van der Waals surface area contributed by atoms with E-state index in [9.17, 15) is 14.7 Å². The van der Waals surface area contributed by atoms with E-state index >= 15 is 0 Å². The van der Waals surface area contributed by atoms with Gasteiger partial charge in [0.1, 0.15) is 21.9 Å². The van der Waals surface area contributed by atoms with Gasteiger partial charge >= 0.3 is 0 Å². The van der Waals surface area contributed by atoms with Crippen LogP contribution in [0.2, 0.25) is 0 Å². The van der Waals surface area contributed by atoms with Crippen molar-refractivity contribution in [2.45, 2.75) is 6.04 Å². The number of methoxy groups -OCH3 is 2. The first kappa shape index (κ1) is 19.9. The standard InChI is InChI=1S/C20H17NO5S2/c1-25-14-9-8-13(15(11-14)26-2)10-16-18(22)21(20(27)28-16)17(19(23)24)12-6-4-3-5-7-12/h3-11,17H,1-2H3,(H,23,24)/p-1/b16-10-/t17-/m0/s1. The normalized spacial score (nSPS) is 16.4. The van der Waals surface area contributed by atoms with E-state index in [1.807, 2.05) is 0 Å². The summed E-state index contributed by atoms with van der Waals surface area (Å²) >= 11 is 6.33. The van der Waals surface area contributed by atoms with Crippen LogP contribution in [0, 0.1) is 0 Å². The summed E-state index contributed by atoms with van der Waals surface area (Å²) in [6.07, 6.45) is 1.62. The Labute approximate surface area is 171 Å². The number of amides is 1. The number of carboxylic acid groups (broad SMARTS) is 1. The first-order chi connectivity index (χ1) is 13.5. The van der Waals surface area contributed by atoms with Crippen LogP contribution in [0.5, 0.6) is 11.5 Å². The molecule has 0 bridgehead atoms. The molecule has 1 atom stereocenters. The molecule has 0 radical (unpaired) electrons. The lowest BCUT2D eigenvalue weighted by Crippen LogP contribution is -2.43. The summed E-state index contributed by atoms with van der Waals surface area (Å²) in [6.45, 7) is 0. The molecule has 0 aromatic heterocycles. The molecule has 1 fully saturated rings. The molecular formula is C20H16NO5S2-. The van der Waals surface area contributed by atoms with E-state index in [2.05, 4.69) is 0 Å². The van der Waals surface area contributed by atoms with Gasteiger partial charge in [-0.3, -0.25) is 9.69 Å². The monoisotopic (exact) mass is 414 g/mol. The van der Waals surface area contributed by atoms with E-state index in [4.69, 9.17) is 21.7 Å². The number of hydrogen-bond donors (Lipinski definition) is 0. The second kappa shape index (κ2) is 8.45. The highest BCUT2D eigenvalue weighted by molar-refractivity contribution is 8.26. The molecule has 8 heteroatoms. The van der Waals surface area contributed by atoms with Crippen LogP contribution in [0.1, 0.15) is 17.2 Å². The molecule has 3 rings (SSSR count). The van der Waals surface area contributed by atoms with Crippen molar-refractivity contribution in [3.8, 4) is 11.5 Å². The number of carbonyl (C=O) groups excluding carboxylic acids is 2. The van der Waals surface area contributed by atoms with Crippen LogP contribution in [0.4, 0.5) is 0 Å². The molecule has 0 aliphatic carbocycles. The Morgan fingerprint density at radius 3 is 2.50 bits per heavy atom. The van der Waals surface area contributed by atoms with E-state index in [-0.39, 0.29) is 4.32 Å². The van der Waals surface area contributed by atoms with Crippen molar-refractivity contribution in [3.05, 3.63) is 64.6 Å². The molecule has 28 heavy (non-hydrogen) atoms. The van der Waals surface area contributed by atoms with E-state index < -0.39 is 17.9 Å². The molecule has 1 heterocycles. The van der Waals surface area contributed by atoms with Crippen LogP contribution in [0.3, 0.4) is 0 Å². The smallest absolute Gasteiger partial charge is 0.267 e. The lowest BCUT2D eigenvalue weighted by Gasteiger charge is -2.27. The van der Waals surface area contributed by atoms with Crippen molar-refractivity contribution in [1.82, 2.24) is 4.90 Å². The Morgan fingerprint density at radius 2 is 1.89 bits per heavy atom. The number of nitrogens with zero attached hydrogens (tertiary/aromatic N) is 1. The zero-order valence-electron chi connectivity index (χ0n) is 15.1. The minimum atomic E-state index is -1.40. The Kier molecular flexibility index (Phi) is 6.01. The minimum Gasteiger partial charge on any atom is -0.547 e. The summed E-state index contributed by atoms with van der Waals surface area (Å²) < 4.78 is 10.7. The van der Waals surface area contributed by atoms with Crippen LogP contribution in [0.15, 0.2) is 53.4 Å². The predicted octanol–water partition coefficient (Wildman–Crippen LogP) is 2.40. The molecule has 0 saturated carbocycles. The van der Waals surface area contributed by atoms with Crippen molar-refractivity contribution in [2.75, 3.05) is 14.2 Å². The Balaban J connectivity index is 1.97. The van der Waals surface area contributed by atoms with Gasteiger partial charge in [-0.05, 0) is 23.8 Å². The molecular weight excluding hydrogens is 398 g/mol. The van der Waals surface area contributed by atoms with Crippen molar-refractivity contribution in [3.63, 3.8) is 0 Å². The fraction of sp³-hybridized carbons (Fsp3) is 0.150. The van der Waals surface area contributed by atoms with Gasteiger partial charge in [0.2, 0.25) is 0 Å². The Hall–Kier alpha value is -2.84. The first-order valence-electron chi connectivity index (χ1n) is 8.21. The lowest BCUT2D eigenvalue weighted by atomic mass is 10.1. The van der Waals surface area contributed by atoms with Gasteiger partial charge in [-0.2, -0.15) is 0 Å². The van der Waals surface area contributed by atoms with Crippen LogP contribution < -0.4 is 14.6 Å². The van der Waals surface area contributed by atoms with Crippen LogP contribution in [-0.2, 0) is 9.59 Å². The van der Waals surface area contributed by atoms with E-state index in [0.29, 0.717) is 27.5 Å². The Morgan fingerprint density at radius 1 is 1.18 bits per heavy atom. The van der Waals surface area contributed by atoms with Gasteiger partial charge in [0.05, 0.1) is 25.1 Å². The third-order valence-corrected chi connectivity index (χ3v) is 5.48. The highest BCUT2D eigenvalue weighted by Gasteiger charge is 2.38. The highest BCUT2D eigenvalue weighted by atomic mass is 32.2. The molecule has 1 aliphatic heterocycles. The zero-order valence-corrected chi connectivity index (χ0v) is 16.7. The van der Waals surface area contributed by atoms with Crippen molar-refractivity contribution >= 4 is 46.3 Å². The molecule has 144 valence electrons. The number of benzene rings is 2. The summed E-state index contributed by atoms with van der Waals surface area (Å²) in [5.41, 5.74) is 1.07. The maximum Gasteiger partial charge on any atom is 0.267 e. The van der Waals surface area contributed by atoms with Gasteiger partial charge in [-0.1, -0.05) is 54.3 Å². The molecule has 2 aromatic rings. The van der Waals surface area contributed by atoms with Gasteiger partial charge in [-0.25, -0.2) is 0 Å². The van der Waals surface area contributed by atoms with Crippen molar-refractivity contribution in [1.29, 1.82) is 0 Å². The average Bonchev–Trinajstić information content (AvgIpc) is 2.97. The van der Waals surface area contributed by atoms with Crippen molar-refractivity contribution < 1.29 is 24.2 Å². The van der Waals surface area contributed by atoms with Crippen LogP contribution in [0.25, 0.3) is 6.08 Å². The second-order valence-corrected chi connectivity index (χ2v) is 7.47. The topological polar surface area (TPSA) is 78.9 Å². The number of thioether (sulfide) groups is 1. The quantitative estimate of drug-likeness (QED) is 0.530.